The van der Waals surface area contributed by atoms with Crippen LogP contribution in [0, 0.1) is 0 Å². The standard InChI is InChI=1S/C52H34N2S/c1-2-14-36(15-3-1)42-32-27-39(38-26-25-35-13-4-5-16-37(35)33-38)34-50(42)54(49-23-12-20-46-45-19-8-11-24-51(45)55-52(46)49)41-30-28-40(29-31-41)53-47-21-9-6-17-43(47)44-18-7-10-22-48(44)53/h1-34H. The summed E-state index contributed by atoms with van der Waals surface area (Å²) in [5.74, 6) is 0. The summed E-state index contributed by atoms with van der Waals surface area (Å²) in [6.07, 6.45) is 0. The molecule has 0 aliphatic heterocycles. The molecular formula is C52H34N2S. The molecule has 0 amide bonds. The van der Waals surface area contributed by atoms with Crippen LogP contribution in [0.25, 0.3) is 80.7 Å². The van der Waals surface area contributed by atoms with Crippen molar-refractivity contribution in [3.8, 4) is 27.9 Å². The van der Waals surface area contributed by atoms with Crippen LogP contribution in [0.1, 0.15) is 0 Å². The van der Waals surface area contributed by atoms with Gasteiger partial charge in [0.1, 0.15) is 0 Å². The molecule has 0 aliphatic carbocycles. The second kappa shape index (κ2) is 12.9. The Bertz CT molecular complexity index is 3150. The molecule has 0 aliphatic rings. The van der Waals surface area contributed by atoms with Crippen molar-refractivity contribution in [1.29, 1.82) is 0 Å². The average molecular weight is 719 g/mol. The molecule has 0 atom stereocenters. The quantitative estimate of drug-likeness (QED) is 0.166. The summed E-state index contributed by atoms with van der Waals surface area (Å²) in [6, 6.07) is 75.3. The first-order valence-electron chi connectivity index (χ1n) is 18.8. The van der Waals surface area contributed by atoms with E-state index in [-0.39, 0.29) is 0 Å². The molecule has 0 radical (unpaired) electrons. The summed E-state index contributed by atoms with van der Waals surface area (Å²) in [7, 11) is 0. The van der Waals surface area contributed by atoms with Crippen molar-refractivity contribution in [2.75, 3.05) is 4.90 Å². The Morgan fingerprint density at radius 1 is 0.382 bits per heavy atom. The van der Waals surface area contributed by atoms with Gasteiger partial charge < -0.3 is 9.47 Å². The Hall–Kier alpha value is -6.94. The maximum Gasteiger partial charge on any atom is 0.0640 e. The van der Waals surface area contributed by atoms with E-state index in [1.54, 1.807) is 0 Å². The maximum atomic E-state index is 2.49. The second-order valence-electron chi connectivity index (χ2n) is 14.1. The van der Waals surface area contributed by atoms with E-state index in [1.807, 2.05) is 11.3 Å². The van der Waals surface area contributed by atoms with Gasteiger partial charge in [-0.05, 0) is 88.1 Å². The number of anilines is 3. The number of rotatable bonds is 6. The third kappa shape index (κ3) is 5.24. The Kier molecular flexibility index (Phi) is 7.39. The van der Waals surface area contributed by atoms with Crippen molar-refractivity contribution in [3.05, 3.63) is 206 Å². The smallest absolute Gasteiger partial charge is 0.0640 e. The number of hydrogen-bond donors (Lipinski definition) is 0. The molecule has 2 heterocycles. The van der Waals surface area contributed by atoms with Gasteiger partial charge in [-0.2, -0.15) is 0 Å². The van der Waals surface area contributed by atoms with Crippen molar-refractivity contribution in [2.45, 2.75) is 0 Å². The summed E-state index contributed by atoms with van der Waals surface area (Å²) in [4.78, 5) is 2.49. The van der Waals surface area contributed by atoms with Crippen molar-refractivity contribution < 1.29 is 0 Å². The molecule has 0 unspecified atom stereocenters. The third-order valence-corrected chi connectivity index (χ3v) is 12.2. The largest absolute Gasteiger partial charge is 0.309 e. The van der Waals surface area contributed by atoms with Gasteiger partial charge in [0.15, 0.2) is 0 Å². The molecule has 2 aromatic heterocycles. The minimum Gasteiger partial charge on any atom is -0.309 e. The van der Waals surface area contributed by atoms with Gasteiger partial charge in [0.25, 0.3) is 0 Å². The summed E-state index contributed by atoms with van der Waals surface area (Å²) in [5, 5.41) is 7.57. The van der Waals surface area contributed by atoms with E-state index in [0.29, 0.717) is 0 Å². The van der Waals surface area contributed by atoms with E-state index in [2.05, 4.69) is 216 Å². The molecule has 11 rings (SSSR count). The molecule has 55 heavy (non-hydrogen) atoms. The topological polar surface area (TPSA) is 8.17 Å². The highest BCUT2D eigenvalue weighted by Crippen LogP contribution is 2.48. The van der Waals surface area contributed by atoms with Gasteiger partial charge in [-0.15, -0.1) is 11.3 Å². The molecule has 9 aromatic carbocycles. The van der Waals surface area contributed by atoms with Gasteiger partial charge in [-0.25, -0.2) is 0 Å². The number of aromatic nitrogens is 1. The number of para-hydroxylation sites is 2. The number of hydrogen-bond acceptors (Lipinski definition) is 2. The molecule has 11 aromatic rings. The lowest BCUT2D eigenvalue weighted by Crippen LogP contribution is -2.12. The average Bonchev–Trinajstić information content (AvgIpc) is 3.81. The van der Waals surface area contributed by atoms with Crippen LogP contribution in [0.3, 0.4) is 0 Å². The van der Waals surface area contributed by atoms with Crippen LogP contribution >= 0.6 is 11.3 Å². The van der Waals surface area contributed by atoms with Crippen LogP contribution in [0.4, 0.5) is 17.1 Å². The fourth-order valence-electron chi connectivity index (χ4n) is 8.39. The Morgan fingerprint density at radius 2 is 1.00 bits per heavy atom. The highest BCUT2D eigenvalue weighted by atomic mass is 32.1. The van der Waals surface area contributed by atoms with Crippen LogP contribution in [0.2, 0.25) is 0 Å². The molecule has 0 spiro atoms. The van der Waals surface area contributed by atoms with Gasteiger partial charge in [0, 0.05) is 43.2 Å². The van der Waals surface area contributed by atoms with Crippen LogP contribution in [-0.4, -0.2) is 4.57 Å². The molecule has 0 saturated carbocycles. The lowest BCUT2D eigenvalue weighted by Gasteiger charge is -2.29. The van der Waals surface area contributed by atoms with E-state index in [1.165, 1.54) is 75.0 Å². The zero-order valence-corrected chi connectivity index (χ0v) is 30.7. The molecule has 0 bridgehead atoms. The summed E-state index contributed by atoms with van der Waals surface area (Å²) in [5.41, 5.74) is 11.7. The van der Waals surface area contributed by atoms with Crippen LogP contribution in [-0.2, 0) is 0 Å². The Morgan fingerprint density at radius 3 is 1.78 bits per heavy atom. The molecule has 258 valence electrons. The lowest BCUT2D eigenvalue weighted by atomic mass is 9.95. The molecule has 0 N–H and O–H groups in total. The third-order valence-electron chi connectivity index (χ3n) is 11.0. The van der Waals surface area contributed by atoms with E-state index < -0.39 is 0 Å². The van der Waals surface area contributed by atoms with E-state index in [9.17, 15) is 0 Å². The Balaban J connectivity index is 1.17. The predicted octanol–water partition coefficient (Wildman–Crippen LogP) is 15.1. The van der Waals surface area contributed by atoms with Gasteiger partial charge in [0.05, 0.1) is 27.1 Å². The first-order chi connectivity index (χ1) is 27.3. The predicted molar refractivity (Wildman–Crippen MR) is 237 cm³/mol. The van der Waals surface area contributed by atoms with Gasteiger partial charge in [0.2, 0.25) is 0 Å². The molecular weight excluding hydrogens is 685 g/mol. The highest BCUT2D eigenvalue weighted by Gasteiger charge is 2.22. The summed E-state index contributed by atoms with van der Waals surface area (Å²) < 4.78 is 4.95. The number of nitrogens with zero attached hydrogens (tertiary/aromatic N) is 2. The molecule has 0 saturated heterocycles. The number of thiophene rings is 1. The minimum absolute atomic E-state index is 1.10. The second-order valence-corrected chi connectivity index (χ2v) is 15.2. The normalized spacial score (nSPS) is 11.6. The van der Waals surface area contributed by atoms with Gasteiger partial charge in [-0.3, -0.25) is 0 Å². The summed E-state index contributed by atoms with van der Waals surface area (Å²) in [6.45, 7) is 0. The lowest BCUT2D eigenvalue weighted by molar-refractivity contribution is 1.17. The van der Waals surface area contributed by atoms with E-state index >= 15 is 0 Å². The maximum absolute atomic E-state index is 2.49. The first-order valence-corrected chi connectivity index (χ1v) is 19.6. The zero-order chi connectivity index (χ0) is 36.3. The van der Waals surface area contributed by atoms with Gasteiger partial charge >= 0.3 is 0 Å². The van der Waals surface area contributed by atoms with Crippen LogP contribution < -0.4 is 4.90 Å². The van der Waals surface area contributed by atoms with E-state index in [4.69, 9.17) is 0 Å². The van der Waals surface area contributed by atoms with Crippen molar-refractivity contribution >= 4 is 81.1 Å². The molecule has 0 fully saturated rings. The van der Waals surface area contributed by atoms with Gasteiger partial charge in [-0.1, -0.05) is 146 Å². The number of benzene rings is 9. The Labute approximate surface area is 323 Å². The van der Waals surface area contributed by atoms with Crippen molar-refractivity contribution in [3.63, 3.8) is 0 Å². The summed E-state index contributed by atoms with van der Waals surface area (Å²) >= 11 is 1.87. The monoisotopic (exact) mass is 718 g/mol. The zero-order valence-electron chi connectivity index (χ0n) is 29.9. The fraction of sp³-hybridized carbons (Fsp3) is 0. The highest BCUT2D eigenvalue weighted by molar-refractivity contribution is 7.26. The van der Waals surface area contributed by atoms with Crippen molar-refractivity contribution in [2.24, 2.45) is 0 Å². The molecule has 2 nitrogen and oxygen atoms in total. The minimum atomic E-state index is 1.10. The van der Waals surface area contributed by atoms with Crippen molar-refractivity contribution in [1.82, 2.24) is 4.57 Å². The SMILES string of the molecule is c1ccc(-c2ccc(-c3ccc4ccccc4c3)cc2N(c2ccc(-n3c4ccccc4c4ccccc43)cc2)c2cccc3c2sc2ccccc23)cc1. The fourth-order valence-corrected chi connectivity index (χ4v) is 9.60. The van der Waals surface area contributed by atoms with Crippen LogP contribution in [0.15, 0.2) is 206 Å². The first kappa shape index (κ1) is 31.6. The van der Waals surface area contributed by atoms with Crippen LogP contribution in [0.5, 0.6) is 0 Å². The number of fused-ring (bicyclic) bond motifs is 7. The van der Waals surface area contributed by atoms with E-state index in [0.717, 1.165) is 22.7 Å². The molecule has 3 heteroatoms.